The quantitative estimate of drug-likeness (QED) is 0.809. The standard InChI is InChI=1S/C14H24N2O2/c1-4-7-9-8-12(9)16-11(6-3)13(17)15-10(5-2)14(16)18/h9-12H,4-8H2,1-3H3,(H,15,17). The predicted molar refractivity (Wildman–Crippen MR) is 69.9 cm³/mol. The average molecular weight is 252 g/mol. The molecular formula is C14H24N2O2. The summed E-state index contributed by atoms with van der Waals surface area (Å²) in [6, 6.07) is -0.224. The second kappa shape index (κ2) is 5.29. The summed E-state index contributed by atoms with van der Waals surface area (Å²) in [5.74, 6) is 0.787. The van der Waals surface area contributed by atoms with E-state index in [1.54, 1.807) is 0 Å². The summed E-state index contributed by atoms with van der Waals surface area (Å²) in [7, 11) is 0. The van der Waals surface area contributed by atoms with Gasteiger partial charge in [-0.05, 0) is 31.6 Å². The van der Waals surface area contributed by atoms with Gasteiger partial charge in [-0.1, -0.05) is 27.2 Å². The number of hydrogen-bond donors (Lipinski definition) is 1. The van der Waals surface area contributed by atoms with Crippen LogP contribution >= 0.6 is 0 Å². The van der Waals surface area contributed by atoms with Gasteiger partial charge >= 0.3 is 0 Å². The van der Waals surface area contributed by atoms with E-state index in [9.17, 15) is 9.59 Å². The van der Waals surface area contributed by atoms with Crippen molar-refractivity contribution in [2.45, 2.75) is 71.0 Å². The second-order valence-electron chi connectivity index (χ2n) is 5.49. The fourth-order valence-electron chi connectivity index (χ4n) is 3.10. The van der Waals surface area contributed by atoms with Gasteiger partial charge < -0.3 is 10.2 Å². The SMILES string of the molecule is CCCC1CC1N1C(=O)C(CC)NC(=O)C1CC. The van der Waals surface area contributed by atoms with Gasteiger partial charge in [0.2, 0.25) is 11.8 Å². The minimum absolute atomic E-state index is 0.0334. The molecule has 2 amide bonds. The first-order valence-electron chi connectivity index (χ1n) is 7.26. The monoisotopic (exact) mass is 252 g/mol. The summed E-state index contributed by atoms with van der Waals surface area (Å²) in [4.78, 5) is 26.4. The maximum atomic E-state index is 12.4. The molecule has 1 saturated heterocycles. The van der Waals surface area contributed by atoms with Crippen LogP contribution in [0.2, 0.25) is 0 Å². The smallest absolute Gasteiger partial charge is 0.246 e. The van der Waals surface area contributed by atoms with Crippen LogP contribution in [0.15, 0.2) is 0 Å². The fourth-order valence-corrected chi connectivity index (χ4v) is 3.10. The Morgan fingerprint density at radius 1 is 1.22 bits per heavy atom. The first-order valence-corrected chi connectivity index (χ1v) is 7.26. The summed E-state index contributed by atoms with van der Waals surface area (Å²) in [5, 5.41) is 2.85. The van der Waals surface area contributed by atoms with Crippen LogP contribution < -0.4 is 5.32 Å². The van der Waals surface area contributed by atoms with Crippen LogP contribution in [0.5, 0.6) is 0 Å². The molecule has 1 N–H and O–H groups in total. The van der Waals surface area contributed by atoms with Crippen molar-refractivity contribution in [3.8, 4) is 0 Å². The average Bonchev–Trinajstić information content (AvgIpc) is 3.10. The number of carbonyl (C=O) groups is 2. The lowest BCUT2D eigenvalue weighted by molar-refractivity contribution is -0.150. The third-order valence-corrected chi connectivity index (χ3v) is 4.20. The van der Waals surface area contributed by atoms with Crippen molar-refractivity contribution in [1.29, 1.82) is 0 Å². The van der Waals surface area contributed by atoms with E-state index in [1.807, 2.05) is 18.7 Å². The normalized spacial score (nSPS) is 35.6. The summed E-state index contributed by atoms with van der Waals surface area (Å²) in [5.41, 5.74) is 0. The molecule has 2 fully saturated rings. The Hall–Kier alpha value is -1.06. The van der Waals surface area contributed by atoms with Gasteiger partial charge in [-0.25, -0.2) is 0 Å². The number of rotatable bonds is 5. The van der Waals surface area contributed by atoms with E-state index in [2.05, 4.69) is 12.2 Å². The van der Waals surface area contributed by atoms with E-state index in [0.717, 1.165) is 12.8 Å². The second-order valence-corrected chi connectivity index (χ2v) is 5.49. The van der Waals surface area contributed by atoms with Crippen LogP contribution in [0.4, 0.5) is 0 Å². The number of amides is 2. The minimum Gasteiger partial charge on any atom is -0.343 e. The maximum absolute atomic E-state index is 12.4. The molecule has 0 aromatic rings. The third-order valence-electron chi connectivity index (χ3n) is 4.20. The van der Waals surface area contributed by atoms with Gasteiger partial charge in [-0.15, -0.1) is 0 Å². The predicted octanol–water partition coefficient (Wildman–Crippen LogP) is 1.69. The van der Waals surface area contributed by atoms with E-state index in [-0.39, 0.29) is 23.9 Å². The zero-order valence-corrected chi connectivity index (χ0v) is 11.6. The van der Waals surface area contributed by atoms with Crippen molar-refractivity contribution in [3.63, 3.8) is 0 Å². The molecule has 18 heavy (non-hydrogen) atoms. The van der Waals surface area contributed by atoms with Gasteiger partial charge in [0.25, 0.3) is 0 Å². The summed E-state index contributed by atoms with van der Waals surface area (Å²) in [6.07, 6.45) is 4.80. The van der Waals surface area contributed by atoms with E-state index in [0.29, 0.717) is 24.8 Å². The lowest BCUT2D eigenvalue weighted by Gasteiger charge is -2.39. The largest absolute Gasteiger partial charge is 0.343 e. The first kappa shape index (κ1) is 13.4. The minimum atomic E-state index is -0.303. The van der Waals surface area contributed by atoms with Crippen LogP contribution in [-0.4, -0.2) is 34.8 Å². The lowest BCUT2D eigenvalue weighted by atomic mass is 10.0. The number of carbonyl (C=O) groups excluding carboxylic acids is 2. The molecule has 4 unspecified atom stereocenters. The number of piperazine rings is 1. The Morgan fingerprint density at radius 3 is 2.50 bits per heavy atom. The van der Waals surface area contributed by atoms with E-state index in [4.69, 9.17) is 0 Å². The Morgan fingerprint density at radius 2 is 1.94 bits per heavy atom. The molecule has 4 heteroatoms. The van der Waals surface area contributed by atoms with Crippen LogP contribution in [0.3, 0.4) is 0 Å². The highest BCUT2D eigenvalue weighted by Gasteiger charge is 2.50. The molecular weight excluding hydrogens is 228 g/mol. The van der Waals surface area contributed by atoms with Crippen molar-refractivity contribution >= 4 is 11.8 Å². The molecule has 0 aromatic heterocycles. The number of nitrogens with one attached hydrogen (secondary N) is 1. The molecule has 0 aromatic carbocycles. The van der Waals surface area contributed by atoms with Gasteiger partial charge in [0.1, 0.15) is 12.1 Å². The molecule has 4 nitrogen and oxygen atoms in total. The molecule has 0 radical (unpaired) electrons. The highest BCUT2D eigenvalue weighted by atomic mass is 16.2. The van der Waals surface area contributed by atoms with Crippen molar-refractivity contribution < 1.29 is 9.59 Å². The maximum Gasteiger partial charge on any atom is 0.246 e. The van der Waals surface area contributed by atoms with Crippen LogP contribution in [0.25, 0.3) is 0 Å². The van der Waals surface area contributed by atoms with E-state index in [1.165, 1.54) is 6.42 Å². The molecule has 1 aliphatic carbocycles. The number of nitrogens with zero attached hydrogens (tertiary/aromatic N) is 1. The van der Waals surface area contributed by atoms with Crippen molar-refractivity contribution in [2.24, 2.45) is 5.92 Å². The molecule has 1 aliphatic heterocycles. The zero-order chi connectivity index (χ0) is 13.3. The van der Waals surface area contributed by atoms with Gasteiger partial charge in [0.15, 0.2) is 0 Å². The summed E-state index contributed by atoms with van der Waals surface area (Å²) < 4.78 is 0. The Labute approximate surface area is 109 Å². The Kier molecular flexibility index (Phi) is 3.93. The van der Waals surface area contributed by atoms with Crippen LogP contribution in [-0.2, 0) is 9.59 Å². The Balaban J connectivity index is 2.12. The molecule has 0 bridgehead atoms. The van der Waals surface area contributed by atoms with Gasteiger partial charge in [0.05, 0.1) is 0 Å². The van der Waals surface area contributed by atoms with Gasteiger partial charge in [0, 0.05) is 6.04 Å². The van der Waals surface area contributed by atoms with E-state index >= 15 is 0 Å². The van der Waals surface area contributed by atoms with Crippen molar-refractivity contribution in [2.75, 3.05) is 0 Å². The third kappa shape index (κ3) is 2.25. The summed E-state index contributed by atoms with van der Waals surface area (Å²) in [6.45, 7) is 6.10. The highest BCUT2D eigenvalue weighted by Crippen LogP contribution is 2.41. The molecule has 2 rings (SSSR count). The van der Waals surface area contributed by atoms with Crippen LogP contribution in [0, 0.1) is 5.92 Å². The molecule has 0 spiro atoms. The fraction of sp³-hybridized carbons (Fsp3) is 0.857. The molecule has 4 atom stereocenters. The Bertz CT molecular complexity index is 343. The first-order chi connectivity index (χ1) is 8.63. The zero-order valence-electron chi connectivity index (χ0n) is 11.6. The molecule has 1 saturated carbocycles. The van der Waals surface area contributed by atoms with Crippen LogP contribution in [0.1, 0.15) is 52.9 Å². The van der Waals surface area contributed by atoms with E-state index < -0.39 is 0 Å². The number of hydrogen-bond acceptors (Lipinski definition) is 2. The van der Waals surface area contributed by atoms with Gasteiger partial charge in [-0.3, -0.25) is 9.59 Å². The van der Waals surface area contributed by atoms with Crippen molar-refractivity contribution in [3.05, 3.63) is 0 Å². The topological polar surface area (TPSA) is 49.4 Å². The molecule has 102 valence electrons. The molecule has 2 aliphatic rings. The summed E-state index contributed by atoms with van der Waals surface area (Å²) >= 11 is 0. The van der Waals surface area contributed by atoms with Crippen molar-refractivity contribution in [1.82, 2.24) is 10.2 Å². The molecule has 1 heterocycles. The van der Waals surface area contributed by atoms with Gasteiger partial charge in [-0.2, -0.15) is 0 Å². The lowest BCUT2D eigenvalue weighted by Crippen LogP contribution is -2.63. The highest BCUT2D eigenvalue weighted by molar-refractivity contribution is 5.97.